The summed E-state index contributed by atoms with van der Waals surface area (Å²) < 4.78 is 5.60. The van der Waals surface area contributed by atoms with Gasteiger partial charge in [0.15, 0.2) is 6.61 Å². The molecule has 0 saturated heterocycles. The number of hydrogen-bond acceptors (Lipinski definition) is 4. The van der Waals surface area contributed by atoms with Gasteiger partial charge >= 0.3 is 11.9 Å². The topological polar surface area (TPSA) is 113 Å². The Bertz CT molecular complexity index is 829. The van der Waals surface area contributed by atoms with Crippen LogP contribution in [0.3, 0.4) is 0 Å². The first-order chi connectivity index (χ1) is 12.8. The summed E-state index contributed by atoms with van der Waals surface area (Å²) in [5.41, 5.74) is 0.617. The van der Waals surface area contributed by atoms with Crippen LogP contribution in [0, 0.1) is 0 Å². The highest BCUT2D eigenvalue weighted by Gasteiger charge is 2.14. The van der Waals surface area contributed by atoms with Crippen molar-refractivity contribution in [2.75, 3.05) is 11.9 Å². The number of amides is 1. The number of carboxylic acid groups (broad SMARTS) is 2. The van der Waals surface area contributed by atoms with Gasteiger partial charge in [0.2, 0.25) is 0 Å². The van der Waals surface area contributed by atoms with Gasteiger partial charge in [0, 0.05) is 5.69 Å². The van der Waals surface area contributed by atoms with Crippen molar-refractivity contribution in [3.63, 3.8) is 0 Å². The van der Waals surface area contributed by atoms with Crippen LogP contribution in [0.2, 0.25) is 0 Å². The molecule has 2 rings (SSSR count). The van der Waals surface area contributed by atoms with E-state index in [1.54, 1.807) is 6.07 Å². The lowest BCUT2D eigenvalue weighted by Gasteiger charge is -2.15. The van der Waals surface area contributed by atoms with Gasteiger partial charge in [-0.15, -0.1) is 0 Å². The fourth-order valence-electron chi connectivity index (χ4n) is 2.53. The minimum Gasteiger partial charge on any atom is -0.483 e. The Morgan fingerprint density at radius 3 is 2.19 bits per heavy atom. The van der Waals surface area contributed by atoms with Crippen molar-refractivity contribution in [2.45, 2.75) is 26.2 Å². The van der Waals surface area contributed by atoms with E-state index in [-0.39, 0.29) is 29.3 Å². The first-order valence-electron chi connectivity index (χ1n) is 8.45. The average molecular weight is 371 g/mol. The molecule has 0 radical (unpaired) electrons. The molecule has 3 N–H and O–H groups in total. The van der Waals surface area contributed by atoms with E-state index in [1.165, 1.54) is 12.1 Å². The second-order valence-electron chi connectivity index (χ2n) is 6.09. The molecular weight excluding hydrogens is 350 g/mol. The van der Waals surface area contributed by atoms with E-state index in [1.807, 2.05) is 18.2 Å². The van der Waals surface area contributed by atoms with Crippen molar-refractivity contribution in [3.05, 3.63) is 59.2 Å². The van der Waals surface area contributed by atoms with Gasteiger partial charge in [-0.05, 0) is 42.2 Å². The van der Waals surface area contributed by atoms with Crippen LogP contribution >= 0.6 is 0 Å². The summed E-state index contributed by atoms with van der Waals surface area (Å²) >= 11 is 0. The lowest BCUT2D eigenvalue weighted by atomic mass is 9.98. The van der Waals surface area contributed by atoms with Crippen LogP contribution in [-0.2, 0) is 4.79 Å². The molecule has 0 spiro atoms. The quantitative estimate of drug-likeness (QED) is 0.653. The van der Waals surface area contributed by atoms with Gasteiger partial charge in [-0.2, -0.15) is 0 Å². The van der Waals surface area contributed by atoms with Crippen molar-refractivity contribution in [1.29, 1.82) is 0 Å². The molecule has 27 heavy (non-hydrogen) atoms. The number of carboxylic acids is 2. The van der Waals surface area contributed by atoms with Crippen molar-refractivity contribution in [3.8, 4) is 5.75 Å². The standard InChI is InChI=1S/C20H21NO6/c1-3-12(2)16-6-4-5-7-17(16)27-11-18(22)21-15-9-13(19(23)24)8-14(10-15)20(25)26/h4-10,12H,3,11H2,1-2H3,(H,21,22)(H,23,24)(H,25,26)/t12-/m1/s1. The molecule has 7 heteroatoms. The van der Waals surface area contributed by atoms with Gasteiger partial charge in [-0.1, -0.05) is 32.0 Å². The monoisotopic (exact) mass is 371 g/mol. The molecule has 0 aliphatic heterocycles. The van der Waals surface area contributed by atoms with E-state index < -0.39 is 17.8 Å². The SMILES string of the molecule is CC[C@@H](C)c1ccccc1OCC(=O)Nc1cc(C(=O)O)cc(C(=O)O)c1. The molecule has 0 fully saturated rings. The summed E-state index contributed by atoms with van der Waals surface area (Å²) in [5.74, 6) is -2.21. The number of nitrogens with one attached hydrogen (secondary N) is 1. The normalized spacial score (nSPS) is 11.5. The lowest BCUT2D eigenvalue weighted by Crippen LogP contribution is -2.21. The predicted molar refractivity (Wildman–Crippen MR) is 99.6 cm³/mol. The maximum absolute atomic E-state index is 12.2. The highest BCUT2D eigenvalue weighted by Crippen LogP contribution is 2.28. The van der Waals surface area contributed by atoms with E-state index in [2.05, 4.69) is 19.2 Å². The third kappa shape index (κ3) is 5.31. The van der Waals surface area contributed by atoms with Gasteiger partial charge in [-0.25, -0.2) is 9.59 Å². The first-order valence-corrected chi connectivity index (χ1v) is 8.45. The maximum Gasteiger partial charge on any atom is 0.335 e. The van der Waals surface area contributed by atoms with E-state index in [0.29, 0.717) is 5.75 Å². The third-order valence-electron chi connectivity index (χ3n) is 4.13. The van der Waals surface area contributed by atoms with Gasteiger partial charge in [0.25, 0.3) is 5.91 Å². The Morgan fingerprint density at radius 1 is 1.04 bits per heavy atom. The van der Waals surface area contributed by atoms with Crippen molar-refractivity contribution in [2.24, 2.45) is 0 Å². The summed E-state index contributed by atoms with van der Waals surface area (Å²) in [6, 6.07) is 10.9. The van der Waals surface area contributed by atoms with Gasteiger partial charge < -0.3 is 20.3 Å². The number of ether oxygens (including phenoxy) is 1. The minimum absolute atomic E-state index is 0.0797. The van der Waals surface area contributed by atoms with Gasteiger partial charge in [0.1, 0.15) is 5.75 Å². The zero-order chi connectivity index (χ0) is 20.0. The van der Waals surface area contributed by atoms with Crippen LogP contribution in [0.25, 0.3) is 0 Å². The summed E-state index contributed by atoms with van der Waals surface area (Å²) in [4.78, 5) is 34.4. The molecule has 0 heterocycles. The molecule has 1 atom stereocenters. The predicted octanol–water partition coefficient (Wildman–Crippen LogP) is 3.61. The molecule has 0 bridgehead atoms. The molecule has 142 valence electrons. The fourth-order valence-corrected chi connectivity index (χ4v) is 2.53. The molecule has 2 aromatic carbocycles. The van der Waals surface area contributed by atoms with E-state index >= 15 is 0 Å². The van der Waals surface area contributed by atoms with Crippen LogP contribution in [0.4, 0.5) is 5.69 Å². The Hall–Kier alpha value is -3.35. The van der Waals surface area contributed by atoms with E-state index in [9.17, 15) is 14.4 Å². The van der Waals surface area contributed by atoms with Crippen molar-refractivity contribution in [1.82, 2.24) is 0 Å². The number of carbonyl (C=O) groups is 3. The highest BCUT2D eigenvalue weighted by atomic mass is 16.5. The Balaban J connectivity index is 2.11. The largest absolute Gasteiger partial charge is 0.483 e. The Kier molecular flexibility index (Phi) is 6.54. The number of benzene rings is 2. The third-order valence-corrected chi connectivity index (χ3v) is 4.13. The first kappa shape index (κ1) is 20.0. The summed E-state index contributed by atoms with van der Waals surface area (Å²) in [6.07, 6.45) is 0.923. The second-order valence-corrected chi connectivity index (χ2v) is 6.09. The number of rotatable bonds is 8. The average Bonchev–Trinajstić information content (AvgIpc) is 2.65. The summed E-state index contributed by atoms with van der Waals surface area (Å²) in [6.45, 7) is 3.84. The van der Waals surface area contributed by atoms with E-state index in [4.69, 9.17) is 14.9 Å². The maximum atomic E-state index is 12.2. The molecular formula is C20H21NO6. The van der Waals surface area contributed by atoms with Gasteiger partial charge in [0.05, 0.1) is 11.1 Å². The number of carbonyl (C=O) groups excluding carboxylic acids is 1. The van der Waals surface area contributed by atoms with Crippen LogP contribution in [0.5, 0.6) is 5.75 Å². The number of aromatic carboxylic acids is 2. The minimum atomic E-state index is -1.28. The molecule has 7 nitrogen and oxygen atoms in total. The fraction of sp³-hybridized carbons (Fsp3) is 0.250. The van der Waals surface area contributed by atoms with Crippen molar-refractivity contribution < 1.29 is 29.3 Å². The summed E-state index contributed by atoms with van der Waals surface area (Å²) in [7, 11) is 0. The second kappa shape index (κ2) is 8.84. The molecule has 0 unspecified atom stereocenters. The van der Waals surface area contributed by atoms with Gasteiger partial charge in [-0.3, -0.25) is 4.79 Å². The van der Waals surface area contributed by atoms with Crippen molar-refractivity contribution >= 4 is 23.5 Å². The summed E-state index contributed by atoms with van der Waals surface area (Å²) in [5, 5.41) is 20.6. The molecule has 1 amide bonds. The van der Waals surface area contributed by atoms with Crippen LogP contribution in [-0.4, -0.2) is 34.7 Å². The number of anilines is 1. The highest BCUT2D eigenvalue weighted by molar-refractivity contribution is 5.98. The molecule has 0 aliphatic carbocycles. The molecule has 0 aliphatic rings. The van der Waals surface area contributed by atoms with Crippen LogP contribution in [0.1, 0.15) is 52.5 Å². The van der Waals surface area contributed by atoms with Crippen LogP contribution < -0.4 is 10.1 Å². The zero-order valence-electron chi connectivity index (χ0n) is 15.1. The number of hydrogen-bond donors (Lipinski definition) is 3. The molecule has 0 aromatic heterocycles. The zero-order valence-corrected chi connectivity index (χ0v) is 15.1. The van der Waals surface area contributed by atoms with Crippen LogP contribution in [0.15, 0.2) is 42.5 Å². The smallest absolute Gasteiger partial charge is 0.335 e. The molecule has 0 saturated carbocycles. The molecule has 2 aromatic rings. The van der Waals surface area contributed by atoms with E-state index in [0.717, 1.165) is 18.1 Å². The lowest BCUT2D eigenvalue weighted by molar-refractivity contribution is -0.118. The number of para-hydroxylation sites is 1. The Labute approximate surface area is 156 Å². The Morgan fingerprint density at radius 2 is 1.63 bits per heavy atom.